The highest BCUT2D eigenvalue weighted by Gasteiger charge is 2.25. The molecular formula is C14H14N2O3S. The van der Waals surface area contributed by atoms with Crippen molar-refractivity contribution in [3.63, 3.8) is 0 Å². The molecule has 0 saturated heterocycles. The van der Waals surface area contributed by atoms with E-state index in [1.54, 1.807) is 12.1 Å². The lowest BCUT2D eigenvalue weighted by Gasteiger charge is -2.14. The first-order chi connectivity index (χ1) is 9.56. The Morgan fingerprint density at radius 2 is 2.30 bits per heavy atom. The van der Waals surface area contributed by atoms with Crippen LogP contribution in [0.25, 0.3) is 10.6 Å². The van der Waals surface area contributed by atoms with Crippen molar-refractivity contribution < 1.29 is 10.0 Å². The van der Waals surface area contributed by atoms with E-state index in [4.69, 9.17) is 0 Å². The quantitative estimate of drug-likeness (QED) is 0.679. The Hall–Kier alpha value is -1.79. The molecule has 1 N–H and O–H groups in total. The minimum Gasteiger partial charge on any atom is -0.388 e. The number of aliphatic hydroxyl groups is 1. The Bertz CT molecular complexity index is 681. The van der Waals surface area contributed by atoms with Crippen LogP contribution in [0.1, 0.15) is 35.1 Å². The van der Waals surface area contributed by atoms with Crippen LogP contribution in [0.4, 0.5) is 5.69 Å². The van der Waals surface area contributed by atoms with Gasteiger partial charge in [0, 0.05) is 6.07 Å². The summed E-state index contributed by atoms with van der Waals surface area (Å²) in [5.74, 6) is 0. The second-order valence-corrected chi connectivity index (χ2v) is 6.05. The molecule has 2 aromatic rings. The lowest BCUT2D eigenvalue weighted by molar-refractivity contribution is -0.384. The lowest BCUT2D eigenvalue weighted by Crippen LogP contribution is -2.06. The minimum absolute atomic E-state index is 0.0746. The second kappa shape index (κ2) is 4.96. The van der Waals surface area contributed by atoms with E-state index in [0.717, 1.165) is 35.4 Å². The third kappa shape index (κ3) is 2.21. The van der Waals surface area contributed by atoms with Gasteiger partial charge in [-0.25, -0.2) is 4.98 Å². The number of aliphatic hydroxyl groups excluding tert-OH is 1. The van der Waals surface area contributed by atoms with E-state index in [0.29, 0.717) is 10.6 Å². The summed E-state index contributed by atoms with van der Waals surface area (Å²) < 4.78 is 0. The molecule has 0 radical (unpaired) electrons. The fourth-order valence-corrected chi connectivity index (χ4v) is 3.65. The fourth-order valence-electron chi connectivity index (χ4n) is 2.49. The summed E-state index contributed by atoms with van der Waals surface area (Å²) in [5, 5.41) is 21.8. The number of aromatic nitrogens is 1. The standard InChI is InChI=1S/C14H14N2O3S/c1-8-5-6-9(11(7-8)16(18)19)14-15-10-3-2-4-12(17)13(10)20-14/h5-7,12,17H,2-4H2,1H3. The molecule has 0 bridgehead atoms. The Balaban J connectivity index is 2.12. The maximum absolute atomic E-state index is 11.2. The number of hydrogen-bond donors (Lipinski definition) is 1. The highest BCUT2D eigenvalue weighted by atomic mass is 32.1. The van der Waals surface area contributed by atoms with Gasteiger partial charge in [0.1, 0.15) is 5.01 Å². The van der Waals surface area contributed by atoms with Crippen molar-refractivity contribution in [3.05, 3.63) is 44.4 Å². The van der Waals surface area contributed by atoms with Crippen molar-refractivity contribution in [1.29, 1.82) is 0 Å². The predicted octanol–water partition coefficient (Wildman–Crippen LogP) is 3.40. The molecule has 5 nitrogen and oxygen atoms in total. The summed E-state index contributed by atoms with van der Waals surface area (Å²) >= 11 is 1.37. The van der Waals surface area contributed by atoms with Crippen LogP contribution in [-0.4, -0.2) is 15.0 Å². The Labute approximate surface area is 120 Å². The van der Waals surface area contributed by atoms with E-state index < -0.39 is 6.10 Å². The third-order valence-corrected chi connectivity index (χ3v) is 4.73. The molecule has 1 heterocycles. The first-order valence-corrected chi connectivity index (χ1v) is 7.31. The first-order valence-electron chi connectivity index (χ1n) is 6.49. The van der Waals surface area contributed by atoms with E-state index in [2.05, 4.69) is 4.98 Å². The maximum Gasteiger partial charge on any atom is 0.279 e. The van der Waals surface area contributed by atoms with Crippen LogP contribution >= 0.6 is 11.3 Å². The molecule has 1 aliphatic rings. The fraction of sp³-hybridized carbons (Fsp3) is 0.357. The van der Waals surface area contributed by atoms with Crippen LogP contribution in [0.3, 0.4) is 0 Å². The number of hydrogen-bond acceptors (Lipinski definition) is 5. The van der Waals surface area contributed by atoms with Crippen LogP contribution in [0, 0.1) is 17.0 Å². The van der Waals surface area contributed by atoms with Gasteiger partial charge in [-0.3, -0.25) is 10.1 Å². The third-order valence-electron chi connectivity index (χ3n) is 3.50. The number of aryl methyl sites for hydroxylation is 2. The largest absolute Gasteiger partial charge is 0.388 e. The number of nitro groups is 1. The van der Waals surface area contributed by atoms with Crippen LogP contribution in [0.5, 0.6) is 0 Å². The average molecular weight is 290 g/mol. The molecule has 1 unspecified atom stereocenters. The molecule has 0 spiro atoms. The minimum atomic E-state index is -0.477. The van der Waals surface area contributed by atoms with E-state index in [1.165, 1.54) is 11.3 Å². The molecule has 104 valence electrons. The van der Waals surface area contributed by atoms with Gasteiger partial charge in [-0.2, -0.15) is 0 Å². The summed E-state index contributed by atoms with van der Waals surface area (Å²) in [6.45, 7) is 1.83. The SMILES string of the molecule is Cc1ccc(-c2nc3c(s2)C(O)CCC3)c([N+](=O)[O-])c1. The summed E-state index contributed by atoms with van der Waals surface area (Å²) in [6.07, 6.45) is 2.01. The molecular weight excluding hydrogens is 276 g/mol. The number of nitro benzene ring substituents is 1. The number of thiazole rings is 1. The summed E-state index contributed by atoms with van der Waals surface area (Å²) in [7, 11) is 0. The molecule has 0 amide bonds. The van der Waals surface area contributed by atoms with Crippen molar-refractivity contribution in [3.8, 4) is 10.6 Å². The Morgan fingerprint density at radius 3 is 3.00 bits per heavy atom. The van der Waals surface area contributed by atoms with E-state index in [-0.39, 0.29) is 10.6 Å². The van der Waals surface area contributed by atoms with Gasteiger partial charge in [0.05, 0.1) is 27.2 Å². The molecule has 1 atom stereocenters. The van der Waals surface area contributed by atoms with E-state index >= 15 is 0 Å². The predicted molar refractivity (Wildman–Crippen MR) is 76.8 cm³/mol. The highest BCUT2D eigenvalue weighted by molar-refractivity contribution is 7.15. The number of rotatable bonds is 2. The zero-order chi connectivity index (χ0) is 14.3. The van der Waals surface area contributed by atoms with Crippen molar-refractivity contribution in [1.82, 2.24) is 4.98 Å². The summed E-state index contributed by atoms with van der Waals surface area (Å²) in [6, 6.07) is 5.15. The molecule has 1 aromatic heterocycles. The monoisotopic (exact) mass is 290 g/mol. The first kappa shape index (κ1) is 13.2. The Morgan fingerprint density at radius 1 is 1.50 bits per heavy atom. The summed E-state index contributed by atoms with van der Waals surface area (Å²) in [5.41, 5.74) is 2.35. The summed E-state index contributed by atoms with van der Waals surface area (Å²) in [4.78, 5) is 16.2. The van der Waals surface area contributed by atoms with Gasteiger partial charge in [-0.05, 0) is 37.8 Å². The molecule has 0 aliphatic heterocycles. The van der Waals surface area contributed by atoms with Gasteiger partial charge in [0.2, 0.25) is 0 Å². The van der Waals surface area contributed by atoms with Gasteiger partial charge in [-0.15, -0.1) is 11.3 Å². The highest BCUT2D eigenvalue weighted by Crippen LogP contribution is 2.40. The number of fused-ring (bicyclic) bond motifs is 1. The Kier molecular flexibility index (Phi) is 3.27. The average Bonchev–Trinajstić information content (AvgIpc) is 2.84. The second-order valence-electron chi connectivity index (χ2n) is 5.02. The van der Waals surface area contributed by atoms with Crippen LogP contribution in [0.15, 0.2) is 18.2 Å². The molecule has 1 aliphatic carbocycles. The van der Waals surface area contributed by atoms with Crippen LogP contribution in [-0.2, 0) is 6.42 Å². The van der Waals surface area contributed by atoms with Gasteiger partial charge in [-0.1, -0.05) is 6.07 Å². The maximum atomic E-state index is 11.2. The van der Waals surface area contributed by atoms with Crippen LogP contribution in [0.2, 0.25) is 0 Å². The molecule has 6 heteroatoms. The van der Waals surface area contributed by atoms with E-state index in [9.17, 15) is 15.2 Å². The zero-order valence-electron chi connectivity index (χ0n) is 11.0. The molecule has 0 fully saturated rings. The van der Waals surface area contributed by atoms with E-state index in [1.807, 2.05) is 13.0 Å². The van der Waals surface area contributed by atoms with Gasteiger partial charge in [0.25, 0.3) is 5.69 Å². The normalized spacial score (nSPS) is 17.8. The van der Waals surface area contributed by atoms with Crippen molar-refractivity contribution >= 4 is 17.0 Å². The van der Waals surface area contributed by atoms with Gasteiger partial charge < -0.3 is 5.11 Å². The molecule has 0 saturated carbocycles. The van der Waals surface area contributed by atoms with Gasteiger partial charge in [0.15, 0.2) is 0 Å². The van der Waals surface area contributed by atoms with Crippen molar-refractivity contribution in [2.45, 2.75) is 32.3 Å². The number of nitrogens with zero attached hydrogens (tertiary/aromatic N) is 2. The zero-order valence-corrected chi connectivity index (χ0v) is 11.8. The molecule has 20 heavy (non-hydrogen) atoms. The van der Waals surface area contributed by atoms with Crippen LogP contribution < -0.4 is 0 Å². The molecule has 3 rings (SSSR count). The topological polar surface area (TPSA) is 76.3 Å². The smallest absolute Gasteiger partial charge is 0.279 e. The van der Waals surface area contributed by atoms with Crippen molar-refractivity contribution in [2.24, 2.45) is 0 Å². The lowest BCUT2D eigenvalue weighted by atomic mass is 10.0. The number of benzene rings is 1. The van der Waals surface area contributed by atoms with Crippen molar-refractivity contribution in [2.75, 3.05) is 0 Å². The van der Waals surface area contributed by atoms with Gasteiger partial charge >= 0.3 is 0 Å². The molecule has 1 aromatic carbocycles.